The van der Waals surface area contributed by atoms with Crippen LogP contribution in [0.4, 0.5) is 0 Å². The highest BCUT2D eigenvalue weighted by molar-refractivity contribution is 5.06. The molecule has 19 heavy (non-hydrogen) atoms. The molecule has 0 saturated heterocycles. The van der Waals surface area contributed by atoms with E-state index in [0.717, 1.165) is 30.8 Å². The van der Waals surface area contributed by atoms with Gasteiger partial charge in [-0.2, -0.15) is 0 Å². The Balaban J connectivity index is 2.63. The number of ether oxygens (including phenoxy) is 1. The fourth-order valence-corrected chi connectivity index (χ4v) is 1.74. The third kappa shape index (κ3) is 6.12. The van der Waals surface area contributed by atoms with E-state index in [9.17, 15) is 0 Å². The van der Waals surface area contributed by atoms with E-state index in [2.05, 4.69) is 43.0 Å². The minimum Gasteiger partial charge on any atom is -0.371 e. The van der Waals surface area contributed by atoms with Gasteiger partial charge in [-0.25, -0.2) is 9.97 Å². The van der Waals surface area contributed by atoms with Crippen molar-refractivity contribution in [3.8, 4) is 0 Å². The first kappa shape index (κ1) is 16.1. The third-order valence-electron chi connectivity index (χ3n) is 2.75. The van der Waals surface area contributed by atoms with Gasteiger partial charge >= 0.3 is 0 Å². The van der Waals surface area contributed by atoms with Crippen LogP contribution in [0, 0.1) is 0 Å². The fraction of sp³-hybridized carbons (Fsp3) is 0.733. The van der Waals surface area contributed by atoms with Gasteiger partial charge in [0.15, 0.2) is 5.82 Å². The van der Waals surface area contributed by atoms with Crippen molar-refractivity contribution in [1.29, 1.82) is 0 Å². The Bertz CT molecular complexity index is 351. The summed E-state index contributed by atoms with van der Waals surface area (Å²) in [6, 6.07) is 0. The highest BCUT2D eigenvalue weighted by atomic mass is 16.5. The number of rotatable bonds is 7. The second kappa shape index (κ2) is 7.56. The SMILES string of the molecule is CCCC(OCC)c1ncc(CNC(C)(C)C)cn1. The number of hydrogen-bond acceptors (Lipinski definition) is 4. The van der Waals surface area contributed by atoms with Crippen molar-refractivity contribution in [2.45, 2.75) is 65.6 Å². The molecule has 0 spiro atoms. The van der Waals surface area contributed by atoms with Crippen molar-refractivity contribution < 1.29 is 4.74 Å². The highest BCUT2D eigenvalue weighted by Gasteiger charge is 2.14. The summed E-state index contributed by atoms with van der Waals surface area (Å²) in [5, 5.41) is 3.43. The van der Waals surface area contributed by atoms with E-state index in [1.54, 1.807) is 0 Å². The second-order valence-electron chi connectivity index (χ2n) is 5.79. The van der Waals surface area contributed by atoms with Gasteiger partial charge in [0.1, 0.15) is 6.10 Å². The molecule has 0 aliphatic heterocycles. The Morgan fingerprint density at radius 3 is 2.32 bits per heavy atom. The van der Waals surface area contributed by atoms with Gasteiger partial charge in [0.2, 0.25) is 0 Å². The molecule has 1 N–H and O–H groups in total. The lowest BCUT2D eigenvalue weighted by atomic mass is 10.1. The first-order chi connectivity index (χ1) is 8.96. The van der Waals surface area contributed by atoms with Crippen molar-refractivity contribution in [3.05, 3.63) is 23.8 Å². The maximum Gasteiger partial charge on any atom is 0.157 e. The summed E-state index contributed by atoms with van der Waals surface area (Å²) in [5.74, 6) is 0.795. The van der Waals surface area contributed by atoms with Gasteiger partial charge in [0, 0.05) is 36.6 Å². The molecule has 1 aromatic heterocycles. The molecule has 0 fully saturated rings. The van der Waals surface area contributed by atoms with Crippen LogP contribution < -0.4 is 5.32 Å². The standard InChI is InChI=1S/C15H27N3O/c1-6-8-13(19-7-2)14-16-9-12(10-17-14)11-18-15(3,4)5/h9-10,13,18H,6-8,11H2,1-5H3. The van der Waals surface area contributed by atoms with E-state index < -0.39 is 0 Å². The molecule has 4 nitrogen and oxygen atoms in total. The van der Waals surface area contributed by atoms with Crippen LogP contribution >= 0.6 is 0 Å². The molecule has 0 aliphatic rings. The zero-order valence-electron chi connectivity index (χ0n) is 12.9. The van der Waals surface area contributed by atoms with Gasteiger partial charge in [-0.1, -0.05) is 13.3 Å². The predicted molar refractivity (Wildman–Crippen MR) is 77.9 cm³/mol. The normalized spacial score (nSPS) is 13.5. The number of nitrogens with one attached hydrogen (secondary N) is 1. The summed E-state index contributed by atoms with van der Waals surface area (Å²) in [4.78, 5) is 8.88. The van der Waals surface area contributed by atoms with Crippen LogP contribution in [0.25, 0.3) is 0 Å². The lowest BCUT2D eigenvalue weighted by Crippen LogP contribution is -2.35. The Labute approximate surface area is 117 Å². The smallest absolute Gasteiger partial charge is 0.157 e. The number of hydrogen-bond donors (Lipinski definition) is 1. The molecule has 0 amide bonds. The molecule has 0 saturated carbocycles. The third-order valence-corrected chi connectivity index (χ3v) is 2.75. The predicted octanol–water partition coefficient (Wildman–Crippen LogP) is 3.24. The molecule has 1 rings (SSSR count). The van der Waals surface area contributed by atoms with Gasteiger partial charge in [0.25, 0.3) is 0 Å². The van der Waals surface area contributed by atoms with Gasteiger partial charge < -0.3 is 10.1 Å². The number of aromatic nitrogens is 2. The summed E-state index contributed by atoms with van der Waals surface area (Å²) >= 11 is 0. The van der Waals surface area contributed by atoms with Gasteiger partial charge in [-0.3, -0.25) is 0 Å². The monoisotopic (exact) mass is 265 g/mol. The Kier molecular flexibility index (Phi) is 6.38. The van der Waals surface area contributed by atoms with Crippen LogP contribution in [0.2, 0.25) is 0 Å². The molecule has 4 heteroatoms. The van der Waals surface area contributed by atoms with Crippen molar-refractivity contribution in [1.82, 2.24) is 15.3 Å². The van der Waals surface area contributed by atoms with Crippen molar-refractivity contribution in [2.75, 3.05) is 6.61 Å². The molecule has 108 valence electrons. The van der Waals surface area contributed by atoms with Gasteiger partial charge in [-0.15, -0.1) is 0 Å². The summed E-state index contributed by atoms with van der Waals surface area (Å²) < 4.78 is 5.68. The molecule has 0 aliphatic carbocycles. The van der Waals surface area contributed by atoms with Gasteiger partial charge in [-0.05, 0) is 34.1 Å². The quantitative estimate of drug-likeness (QED) is 0.822. The highest BCUT2D eigenvalue weighted by Crippen LogP contribution is 2.18. The number of nitrogens with zero attached hydrogens (tertiary/aromatic N) is 2. The maximum atomic E-state index is 5.68. The van der Waals surface area contributed by atoms with Crippen LogP contribution in [0.5, 0.6) is 0 Å². The van der Waals surface area contributed by atoms with Crippen molar-refractivity contribution in [3.63, 3.8) is 0 Å². The molecule has 1 aromatic rings. The minimum absolute atomic E-state index is 0.0274. The van der Waals surface area contributed by atoms with Crippen LogP contribution in [0.1, 0.15) is 65.0 Å². The average Bonchev–Trinajstić information content (AvgIpc) is 2.36. The Morgan fingerprint density at radius 1 is 1.21 bits per heavy atom. The largest absolute Gasteiger partial charge is 0.371 e. The van der Waals surface area contributed by atoms with Gasteiger partial charge in [0.05, 0.1) is 0 Å². The first-order valence-electron chi connectivity index (χ1n) is 7.13. The lowest BCUT2D eigenvalue weighted by Gasteiger charge is -2.20. The molecular formula is C15H27N3O. The molecule has 1 atom stereocenters. The van der Waals surface area contributed by atoms with Crippen LogP contribution in [0.3, 0.4) is 0 Å². The molecule has 0 aromatic carbocycles. The van der Waals surface area contributed by atoms with E-state index in [1.165, 1.54) is 0 Å². The molecule has 0 bridgehead atoms. The van der Waals surface area contributed by atoms with Crippen LogP contribution in [0.15, 0.2) is 12.4 Å². The summed E-state index contributed by atoms with van der Waals surface area (Å²) in [6.45, 7) is 12.1. The molecule has 0 radical (unpaired) electrons. The Morgan fingerprint density at radius 2 is 1.84 bits per heavy atom. The summed E-state index contributed by atoms with van der Waals surface area (Å²) in [5.41, 5.74) is 1.21. The summed E-state index contributed by atoms with van der Waals surface area (Å²) in [6.07, 6.45) is 5.85. The lowest BCUT2D eigenvalue weighted by molar-refractivity contribution is 0.0493. The Hall–Kier alpha value is -1.00. The zero-order valence-corrected chi connectivity index (χ0v) is 12.9. The van der Waals surface area contributed by atoms with E-state index >= 15 is 0 Å². The molecule has 1 unspecified atom stereocenters. The summed E-state index contributed by atoms with van der Waals surface area (Å²) in [7, 11) is 0. The van der Waals surface area contributed by atoms with Crippen molar-refractivity contribution in [2.24, 2.45) is 0 Å². The topological polar surface area (TPSA) is 47.0 Å². The maximum absolute atomic E-state index is 5.68. The molecule has 1 heterocycles. The van der Waals surface area contributed by atoms with Crippen molar-refractivity contribution >= 4 is 0 Å². The van der Waals surface area contributed by atoms with Crippen LogP contribution in [-0.4, -0.2) is 22.1 Å². The zero-order chi connectivity index (χ0) is 14.3. The first-order valence-corrected chi connectivity index (χ1v) is 7.13. The van der Waals surface area contributed by atoms with E-state index in [-0.39, 0.29) is 11.6 Å². The molecular weight excluding hydrogens is 238 g/mol. The van der Waals surface area contributed by atoms with E-state index in [4.69, 9.17) is 4.74 Å². The fourth-order valence-electron chi connectivity index (χ4n) is 1.74. The van der Waals surface area contributed by atoms with E-state index in [1.807, 2.05) is 19.3 Å². The van der Waals surface area contributed by atoms with Crippen LogP contribution in [-0.2, 0) is 11.3 Å². The minimum atomic E-state index is 0.0274. The second-order valence-corrected chi connectivity index (χ2v) is 5.79. The van der Waals surface area contributed by atoms with E-state index in [0.29, 0.717) is 6.61 Å². The average molecular weight is 265 g/mol.